The van der Waals surface area contributed by atoms with Crippen molar-refractivity contribution in [2.24, 2.45) is 0 Å². The molecule has 0 fully saturated rings. The van der Waals surface area contributed by atoms with Crippen molar-refractivity contribution in [3.8, 4) is 11.8 Å². The van der Waals surface area contributed by atoms with Gasteiger partial charge in [0.25, 0.3) is 5.91 Å². The number of aromatic nitrogens is 1. The van der Waals surface area contributed by atoms with Crippen LogP contribution in [0.1, 0.15) is 27.3 Å². The van der Waals surface area contributed by atoms with Crippen LogP contribution >= 0.6 is 22.7 Å². The van der Waals surface area contributed by atoms with E-state index in [9.17, 15) is 4.79 Å². The fourth-order valence-electron chi connectivity index (χ4n) is 1.31. The van der Waals surface area contributed by atoms with Gasteiger partial charge in [0, 0.05) is 17.2 Å². The van der Waals surface area contributed by atoms with Crippen LogP contribution in [0.3, 0.4) is 0 Å². The van der Waals surface area contributed by atoms with Gasteiger partial charge in [0.05, 0.1) is 22.7 Å². The summed E-state index contributed by atoms with van der Waals surface area (Å²) in [6.07, 6.45) is 0.442. The fourth-order valence-corrected chi connectivity index (χ4v) is 2.75. The summed E-state index contributed by atoms with van der Waals surface area (Å²) < 4.78 is 0. The van der Waals surface area contributed by atoms with E-state index in [4.69, 9.17) is 5.11 Å². The Labute approximate surface area is 119 Å². The molecule has 2 rings (SSSR count). The Morgan fingerprint density at radius 1 is 1.47 bits per heavy atom. The largest absolute Gasteiger partial charge is 0.395 e. The lowest BCUT2D eigenvalue weighted by Crippen LogP contribution is -2.10. The van der Waals surface area contributed by atoms with Crippen LogP contribution in [0.15, 0.2) is 16.8 Å². The minimum absolute atomic E-state index is 0.0507. The third-order valence-corrected chi connectivity index (χ3v) is 3.87. The molecule has 0 saturated heterocycles. The van der Waals surface area contributed by atoms with Crippen molar-refractivity contribution in [3.63, 3.8) is 0 Å². The quantitative estimate of drug-likeness (QED) is 0.854. The minimum Gasteiger partial charge on any atom is -0.395 e. The second-order valence-electron chi connectivity index (χ2n) is 3.72. The van der Waals surface area contributed by atoms with Gasteiger partial charge >= 0.3 is 0 Å². The molecule has 98 valence electrons. The number of carbonyl (C=O) groups excluding carboxylic acids is 1. The molecule has 0 bridgehead atoms. The zero-order valence-corrected chi connectivity index (χ0v) is 11.9. The molecule has 0 spiro atoms. The Hall–Kier alpha value is -1.68. The predicted octanol–water partition coefficient (Wildman–Crippen LogP) is 2.50. The number of thiophene rings is 1. The topological polar surface area (TPSA) is 62.2 Å². The summed E-state index contributed by atoms with van der Waals surface area (Å²) in [4.78, 5) is 16.9. The summed E-state index contributed by atoms with van der Waals surface area (Å²) in [6, 6.07) is 1.74. The Balaban J connectivity index is 2.02. The standard InChI is InChI=1S/C13H12N2O2S2/c1-9-7-19-13(14-9)15-12(17)10-6-11(18-8-10)4-2-3-5-16/h6-8,16H,3,5H2,1H3,(H,14,15,17). The third kappa shape index (κ3) is 3.89. The van der Waals surface area contributed by atoms with Gasteiger partial charge < -0.3 is 5.11 Å². The first-order valence-corrected chi connectivity index (χ1v) is 7.36. The summed E-state index contributed by atoms with van der Waals surface area (Å²) in [5.74, 6) is 5.55. The predicted molar refractivity (Wildman–Crippen MR) is 77.7 cm³/mol. The molecule has 19 heavy (non-hydrogen) atoms. The van der Waals surface area contributed by atoms with Crippen LogP contribution in [0.2, 0.25) is 0 Å². The van der Waals surface area contributed by atoms with E-state index < -0.39 is 0 Å². The number of hydrogen-bond donors (Lipinski definition) is 2. The van der Waals surface area contributed by atoms with Crippen LogP contribution < -0.4 is 5.32 Å². The lowest BCUT2D eigenvalue weighted by Gasteiger charge is -1.97. The van der Waals surface area contributed by atoms with Gasteiger partial charge in [-0.15, -0.1) is 22.7 Å². The van der Waals surface area contributed by atoms with Gasteiger partial charge in [-0.2, -0.15) is 0 Å². The fraction of sp³-hybridized carbons (Fsp3) is 0.231. The number of thiazole rings is 1. The number of amides is 1. The molecule has 0 aromatic carbocycles. The zero-order valence-electron chi connectivity index (χ0n) is 10.3. The number of nitrogens with zero attached hydrogens (tertiary/aromatic N) is 1. The van der Waals surface area contributed by atoms with Crippen molar-refractivity contribution in [1.82, 2.24) is 4.98 Å². The van der Waals surface area contributed by atoms with Crippen molar-refractivity contribution in [1.29, 1.82) is 0 Å². The van der Waals surface area contributed by atoms with Crippen LogP contribution in [0, 0.1) is 18.8 Å². The van der Waals surface area contributed by atoms with Gasteiger partial charge in [0.2, 0.25) is 0 Å². The van der Waals surface area contributed by atoms with Crippen LogP contribution in [0.25, 0.3) is 0 Å². The SMILES string of the molecule is Cc1csc(NC(=O)c2csc(C#CCCO)c2)n1. The van der Waals surface area contributed by atoms with E-state index in [1.807, 2.05) is 12.3 Å². The Bertz CT molecular complexity index is 634. The molecule has 0 aliphatic carbocycles. The summed E-state index contributed by atoms with van der Waals surface area (Å²) in [6.45, 7) is 1.93. The normalized spacial score (nSPS) is 9.79. The summed E-state index contributed by atoms with van der Waals surface area (Å²) in [5, 5.41) is 15.6. The monoisotopic (exact) mass is 292 g/mol. The highest BCUT2D eigenvalue weighted by Crippen LogP contribution is 2.18. The molecule has 4 nitrogen and oxygen atoms in total. The molecule has 0 unspecified atom stereocenters. The molecule has 2 N–H and O–H groups in total. The van der Waals surface area contributed by atoms with Crippen LogP contribution in [0.4, 0.5) is 5.13 Å². The van der Waals surface area contributed by atoms with E-state index in [2.05, 4.69) is 22.1 Å². The van der Waals surface area contributed by atoms with E-state index in [1.54, 1.807) is 11.4 Å². The molecule has 6 heteroatoms. The highest BCUT2D eigenvalue weighted by atomic mass is 32.1. The van der Waals surface area contributed by atoms with Gasteiger partial charge in [0.1, 0.15) is 0 Å². The first kappa shape index (κ1) is 13.7. The van der Waals surface area contributed by atoms with E-state index in [0.29, 0.717) is 17.1 Å². The molecule has 1 amide bonds. The van der Waals surface area contributed by atoms with E-state index >= 15 is 0 Å². The van der Waals surface area contributed by atoms with Gasteiger partial charge in [0.15, 0.2) is 5.13 Å². The van der Waals surface area contributed by atoms with Crippen LogP contribution in [0.5, 0.6) is 0 Å². The average molecular weight is 292 g/mol. The molecule has 2 aromatic heterocycles. The second-order valence-corrected chi connectivity index (χ2v) is 5.49. The van der Waals surface area contributed by atoms with Crippen molar-refractivity contribution < 1.29 is 9.90 Å². The molecule has 0 radical (unpaired) electrons. The van der Waals surface area contributed by atoms with Gasteiger partial charge in [-0.25, -0.2) is 4.98 Å². The van der Waals surface area contributed by atoms with Crippen molar-refractivity contribution in [2.75, 3.05) is 11.9 Å². The maximum absolute atomic E-state index is 11.9. The van der Waals surface area contributed by atoms with Crippen molar-refractivity contribution in [2.45, 2.75) is 13.3 Å². The number of aryl methyl sites for hydroxylation is 1. The first-order chi connectivity index (χ1) is 9.19. The molecule has 2 aromatic rings. The van der Waals surface area contributed by atoms with Crippen molar-refractivity contribution in [3.05, 3.63) is 33.0 Å². The first-order valence-electron chi connectivity index (χ1n) is 5.61. The number of hydrogen-bond acceptors (Lipinski definition) is 5. The van der Waals surface area contributed by atoms with Crippen LogP contribution in [-0.2, 0) is 0 Å². The Kier molecular flexibility index (Phi) is 4.68. The molecule has 0 atom stereocenters. The highest BCUT2D eigenvalue weighted by molar-refractivity contribution is 7.14. The number of carbonyl (C=O) groups is 1. The highest BCUT2D eigenvalue weighted by Gasteiger charge is 2.10. The van der Waals surface area contributed by atoms with Crippen LogP contribution in [-0.4, -0.2) is 22.6 Å². The summed E-state index contributed by atoms with van der Waals surface area (Å²) >= 11 is 2.81. The van der Waals surface area contributed by atoms with Crippen molar-refractivity contribution >= 4 is 33.7 Å². The van der Waals surface area contributed by atoms with Gasteiger partial charge in [-0.1, -0.05) is 11.8 Å². The lowest BCUT2D eigenvalue weighted by molar-refractivity contribution is 0.102. The second kappa shape index (κ2) is 6.48. The smallest absolute Gasteiger partial charge is 0.258 e. The maximum Gasteiger partial charge on any atom is 0.258 e. The summed E-state index contributed by atoms with van der Waals surface area (Å²) in [7, 11) is 0. The molecule has 2 heterocycles. The minimum atomic E-state index is -0.180. The average Bonchev–Trinajstić information content (AvgIpc) is 2.99. The number of aliphatic hydroxyl groups is 1. The molecule has 0 aliphatic heterocycles. The Morgan fingerprint density at radius 3 is 3.00 bits per heavy atom. The molecule has 0 aliphatic rings. The number of anilines is 1. The lowest BCUT2D eigenvalue weighted by atomic mass is 10.3. The zero-order chi connectivity index (χ0) is 13.7. The number of nitrogens with one attached hydrogen (secondary N) is 1. The molecule has 0 saturated carbocycles. The van der Waals surface area contributed by atoms with Gasteiger partial charge in [-0.05, 0) is 13.0 Å². The van der Waals surface area contributed by atoms with E-state index in [0.717, 1.165) is 10.6 Å². The number of aliphatic hydroxyl groups excluding tert-OH is 1. The van der Waals surface area contributed by atoms with Gasteiger partial charge in [-0.3, -0.25) is 10.1 Å². The number of rotatable bonds is 3. The molecular weight excluding hydrogens is 280 g/mol. The molecular formula is C13H12N2O2S2. The Morgan fingerprint density at radius 2 is 2.32 bits per heavy atom. The maximum atomic E-state index is 11.9. The third-order valence-electron chi connectivity index (χ3n) is 2.15. The summed E-state index contributed by atoms with van der Waals surface area (Å²) in [5.41, 5.74) is 1.47. The van der Waals surface area contributed by atoms with E-state index in [-0.39, 0.29) is 12.5 Å². The van der Waals surface area contributed by atoms with E-state index in [1.165, 1.54) is 22.7 Å².